The molecule has 0 heterocycles. The van der Waals surface area contributed by atoms with E-state index >= 15 is 0 Å². The van der Waals surface area contributed by atoms with Crippen molar-refractivity contribution in [2.75, 3.05) is 0 Å². The second kappa shape index (κ2) is 6.68. The Morgan fingerprint density at radius 2 is 1.92 bits per heavy atom. The van der Waals surface area contributed by atoms with Crippen LogP contribution < -0.4 is 0 Å². The minimum Gasteiger partial charge on any atom is -0.512 e. The summed E-state index contributed by atoms with van der Waals surface area (Å²) in [6, 6.07) is 12.8. The van der Waals surface area contributed by atoms with E-state index in [1.165, 1.54) is 22.3 Å². The predicted octanol–water partition coefficient (Wildman–Crippen LogP) is 6.74. The van der Waals surface area contributed by atoms with Crippen molar-refractivity contribution in [2.24, 2.45) is 5.92 Å². The maximum atomic E-state index is 10.7. The van der Waals surface area contributed by atoms with Crippen molar-refractivity contribution >= 4 is 12.2 Å². The molecule has 2 aromatic rings. The van der Waals surface area contributed by atoms with Gasteiger partial charge < -0.3 is 5.11 Å². The van der Waals surface area contributed by atoms with Gasteiger partial charge in [0.2, 0.25) is 0 Å². The van der Waals surface area contributed by atoms with Gasteiger partial charge in [0.25, 0.3) is 0 Å². The molecule has 0 saturated heterocycles. The van der Waals surface area contributed by atoms with Gasteiger partial charge >= 0.3 is 0 Å². The Bertz CT molecular complexity index is 794. The molecule has 24 heavy (non-hydrogen) atoms. The molecular weight excluding hydrogens is 292 g/mol. The average Bonchev–Trinajstić information content (AvgIpc) is 2.92. The van der Waals surface area contributed by atoms with Crippen LogP contribution in [0.4, 0.5) is 0 Å². The maximum absolute atomic E-state index is 10.7. The van der Waals surface area contributed by atoms with E-state index in [0.29, 0.717) is 11.7 Å². The van der Waals surface area contributed by atoms with E-state index in [0.717, 1.165) is 24.0 Å². The van der Waals surface area contributed by atoms with E-state index in [4.69, 9.17) is 0 Å². The Kier molecular flexibility index (Phi) is 4.62. The summed E-state index contributed by atoms with van der Waals surface area (Å²) in [6.07, 6.45) is 5.98. The lowest BCUT2D eigenvalue weighted by molar-refractivity contribution is 0.313. The van der Waals surface area contributed by atoms with Crippen LogP contribution in [0.1, 0.15) is 54.9 Å². The van der Waals surface area contributed by atoms with Gasteiger partial charge in [0.1, 0.15) is 5.76 Å². The normalized spacial score (nSPS) is 16.2. The standard InChI is InChI=1S/C23H26O/c1-5-16-9-8-10-18(13-16)21-15(4)11-12-19-14-20(24)22(23(19)21)17(6-2)7-3/h5,8-14,17,22,24H,1,6-7H2,2-4H3. The summed E-state index contributed by atoms with van der Waals surface area (Å²) in [7, 11) is 0. The van der Waals surface area contributed by atoms with Gasteiger partial charge in [-0.1, -0.05) is 69.7 Å². The van der Waals surface area contributed by atoms with Gasteiger partial charge in [0.05, 0.1) is 0 Å². The van der Waals surface area contributed by atoms with Gasteiger partial charge in [-0.25, -0.2) is 0 Å². The van der Waals surface area contributed by atoms with Crippen LogP contribution in [-0.2, 0) is 0 Å². The summed E-state index contributed by atoms with van der Waals surface area (Å²) in [6.45, 7) is 10.5. The fraction of sp³-hybridized carbons (Fsp3) is 0.304. The molecule has 0 fully saturated rings. The number of aliphatic hydroxyl groups is 1. The summed E-state index contributed by atoms with van der Waals surface area (Å²) in [4.78, 5) is 0. The van der Waals surface area contributed by atoms with E-state index in [1.807, 2.05) is 12.2 Å². The second-order valence-corrected chi connectivity index (χ2v) is 6.71. The lowest BCUT2D eigenvalue weighted by atomic mass is 9.79. The molecule has 0 spiro atoms. The molecule has 0 amide bonds. The molecular formula is C23H26O. The lowest BCUT2D eigenvalue weighted by Gasteiger charge is -2.26. The van der Waals surface area contributed by atoms with Crippen LogP contribution in [0.3, 0.4) is 0 Å². The molecule has 124 valence electrons. The Hall–Kier alpha value is -2.28. The first-order valence-corrected chi connectivity index (χ1v) is 8.87. The first kappa shape index (κ1) is 16.6. The van der Waals surface area contributed by atoms with Gasteiger partial charge in [-0.05, 0) is 58.4 Å². The van der Waals surface area contributed by atoms with Crippen molar-refractivity contribution in [2.45, 2.75) is 39.5 Å². The highest BCUT2D eigenvalue weighted by molar-refractivity contribution is 5.81. The van der Waals surface area contributed by atoms with E-state index in [9.17, 15) is 5.11 Å². The smallest absolute Gasteiger partial charge is 0.101 e. The molecule has 3 rings (SSSR count). The van der Waals surface area contributed by atoms with Gasteiger partial charge in [-0.2, -0.15) is 0 Å². The second-order valence-electron chi connectivity index (χ2n) is 6.71. The zero-order valence-corrected chi connectivity index (χ0v) is 14.8. The number of rotatable bonds is 5. The summed E-state index contributed by atoms with van der Waals surface area (Å²) < 4.78 is 0. The molecule has 1 aliphatic rings. The van der Waals surface area contributed by atoms with Gasteiger partial charge in [0.15, 0.2) is 0 Å². The summed E-state index contributed by atoms with van der Waals surface area (Å²) in [5, 5.41) is 10.7. The highest BCUT2D eigenvalue weighted by Crippen LogP contribution is 2.47. The number of benzene rings is 2. The number of fused-ring (bicyclic) bond motifs is 1. The molecule has 1 aliphatic carbocycles. The molecule has 0 saturated carbocycles. The molecule has 1 nitrogen and oxygen atoms in total. The van der Waals surface area contributed by atoms with Crippen molar-refractivity contribution in [3.05, 3.63) is 71.0 Å². The Morgan fingerprint density at radius 3 is 2.58 bits per heavy atom. The van der Waals surface area contributed by atoms with E-state index < -0.39 is 0 Å². The highest BCUT2D eigenvalue weighted by Gasteiger charge is 2.33. The van der Waals surface area contributed by atoms with Crippen LogP contribution >= 0.6 is 0 Å². The molecule has 1 N–H and O–H groups in total. The van der Waals surface area contributed by atoms with Gasteiger partial charge in [0, 0.05) is 5.92 Å². The number of hydrogen-bond acceptors (Lipinski definition) is 1. The summed E-state index contributed by atoms with van der Waals surface area (Å²) in [5.74, 6) is 1.09. The summed E-state index contributed by atoms with van der Waals surface area (Å²) in [5.41, 5.74) is 7.32. The van der Waals surface area contributed by atoms with Crippen LogP contribution in [0.2, 0.25) is 0 Å². The molecule has 2 aromatic carbocycles. The number of aryl methyl sites for hydroxylation is 1. The van der Waals surface area contributed by atoms with Gasteiger partial charge in [-0.3, -0.25) is 0 Å². The maximum Gasteiger partial charge on any atom is 0.101 e. The monoisotopic (exact) mass is 318 g/mol. The predicted molar refractivity (Wildman–Crippen MR) is 104 cm³/mol. The van der Waals surface area contributed by atoms with Crippen molar-refractivity contribution in [1.29, 1.82) is 0 Å². The van der Waals surface area contributed by atoms with Crippen LogP contribution in [0, 0.1) is 12.8 Å². The first-order chi connectivity index (χ1) is 11.6. The molecule has 0 radical (unpaired) electrons. The zero-order valence-electron chi connectivity index (χ0n) is 14.8. The molecule has 0 aromatic heterocycles. The Morgan fingerprint density at radius 1 is 1.17 bits per heavy atom. The minimum absolute atomic E-state index is 0.109. The van der Waals surface area contributed by atoms with Crippen molar-refractivity contribution in [3.63, 3.8) is 0 Å². The van der Waals surface area contributed by atoms with E-state index in [-0.39, 0.29) is 5.92 Å². The molecule has 1 heteroatoms. The summed E-state index contributed by atoms with van der Waals surface area (Å²) >= 11 is 0. The molecule has 1 unspecified atom stereocenters. The molecule has 0 aliphatic heterocycles. The van der Waals surface area contributed by atoms with Crippen molar-refractivity contribution in [1.82, 2.24) is 0 Å². The number of aliphatic hydroxyl groups excluding tert-OH is 1. The minimum atomic E-state index is 0.109. The fourth-order valence-electron chi connectivity index (χ4n) is 4.04. The fourth-order valence-corrected chi connectivity index (χ4v) is 4.04. The first-order valence-electron chi connectivity index (χ1n) is 8.87. The van der Waals surface area contributed by atoms with E-state index in [1.54, 1.807) is 0 Å². The van der Waals surface area contributed by atoms with Crippen LogP contribution in [-0.4, -0.2) is 5.11 Å². The quantitative estimate of drug-likeness (QED) is 0.647. The number of allylic oxidation sites excluding steroid dienone is 1. The lowest BCUT2D eigenvalue weighted by Crippen LogP contribution is -2.13. The van der Waals surface area contributed by atoms with Gasteiger partial charge in [-0.15, -0.1) is 0 Å². The largest absolute Gasteiger partial charge is 0.512 e. The van der Waals surface area contributed by atoms with Crippen LogP contribution in [0.15, 0.2) is 48.7 Å². The Balaban J connectivity index is 2.23. The third-order valence-corrected chi connectivity index (χ3v) is 5.35. The van der Waals surface area contributed by atoms with Crippen molar-refractivity contribution in [3.8, 4) is 11.1 Å². The SMILES string of the molecule is C=Cc1cccc(-c2c(C)ccc3c2C(C(CC)CC)C(O)=C3)c1. The number of hydrogen-bond donors (Lipinski definition) is 1. The Labute approximate surface area is 145 Å². The molecule has 0 bridgehead atoms. The topological polar surface area (TPSA) is 20.2 Å². The molecule has 1 atom stereocenters. The van der Waals surface area contributed by atoms with E-state index in [2.05, 4.69) is 63.7 Å². The zero-order chi connectivity index (χ0) is 17.3. The van der Waals surface area contributed by atoms with Crippen LogP contribution in [0.25, 0.3) is 23.3 Å². The average molecular weight is 318 g/mol. The third kappa shape index (κ3) is 2.69. The highest BCUT2D eigenvalue weighted by atomic mass is 16.3. The van der Waals surface area contributed by atoms with Crippen molar-refractivity contribution < 1.29 is 5.11 Å². The third-order valence-electron chi connectivity index (χ3n) is 5.35. The van der Waals surface area contributed by atoms with Crippen LogP contribution in [0.5, 0.6) is 0 Å².